The van der Waals surface area contributed by atoms with Gasteiger partial charge in [-0.25, -0.2) is 4.39 Å². The summed E-state index contributed by atoms with van der Waals surface area (Å²) in [5.74, 6) is -0.165. The third-order valence-electron chi connectivity index (χ3n) is 4.10. The lowest BCUT2D eigenvalue weighted by Gasteiger charge is -2.27. The van der Waals surface area contributed by atoms with Crippen molar-refractivity contribution in [3.63, 3.8) is 0 Å². The minimum absolute atomic E-state index is 0.0958. The van der Waals surface area contributed by atoms with Gasteiger partial charge >= 0.3 is 0 Å². The van der Waals surface area contributed by atoms with Crippen LogP contribution in [0.25, 0.3) is 0 Å². The fraction of sp³-hybridized carbons (Fsp3) is 0.533. The van der Waals surface area contributed by atoms with E-state index < -0.39 is 0 Å². The topological polar surface area (TPSA) is 35.6 Å². The van der Waals surface area contributed by atoms with Gasteiger partial charge in [-0.15, -0.1) is 0 Å². The van der Waals surface area contributed by atoms with Gasteiger partial charge in [-0.05, 0) is 43.6 Å². The number of amides is 1. The van der Waals surface area contributed by atoms with E-state index in [1.165, 1.54) is 25.0 Å². The van der Waals surface area contributed by atoms with Crippen LogP contribution in [-0.2, 0) is 4.79 Å². The van der Waals surface area contributed by atoms with Crippen LogP contribution in [-0.4, -0.2) is 48.4 Å². The van der Waals surface area contributed by atoms with Gasteiger partial charge < -0.3 is 9.80 Å². The molecule has 5 heteroatoms. The summed E-state index contributed by atoms with van der Waals surface area (Å²) >= 11 is 0. The van der Waals surface area contributed by atoms with E-state index in [0.717, 1.165) is 25.2 Å². The highest BCUT2D eigenvalue weighted by Crippen LogP contribution is 2.23. The zero-order chi connectivity index (χ0) is 13.9. The number of halogens is 1. The maximum absolute atomic E-state index is 13.3. The molecule has 1 atom stereocenters. The molecule has 0 bridgehead atoms. The fourth-order valence-corrected chi connectivity index (χ4v) is 3.02. The molecule has 1 N–H and O–H groups in total. The Morgan fingerprint density at radius 3 is 2.80 bits per heavy atom. The first-order chi connectivity index (χ1) is 9.74. The lowest BCUT2D eigenvalue weighted by molar-refractivity contribution is -0.128. The lowest BCUT2D eigenvalue weighted by Crippen LogP contribution is -2.37. The summed E-state index contributed by atoms with van der Waals surface area (Å²) in [5.41, 5.74) is 0.817. The zero-order valence-corrected chi connectivity index (χ0v) is 11.5. The number of hydrogen-bond donors (Lipinski definition) is 1. The van der Waals surface area contributed by atoms with Crippen molar-refractivity contribution in [2.75, 3.05) is 32.7 Å². The van der Waals surface area contributed by atoms with Gasteiger partial charge in [0, 0.05) is 13.1 Å². The van der Waals surface area contributed by atoms with Crippen LogP contribution in [0.2, 0.25) is 0 Å². The third-order valence-corrected chi connectivity index (χ3v) is 4.10. The van der Waals surface area contributed by atoms with E-state index >= 15 is 0 Å². The molecular formula is C15H20FN3O. The van der Waals surface area contributed by atoms with E-state index in [1.807, 2.05) is 11.0 Å². The molecule has 1 aromatic carbocycles. The molecule has 20 heavy (non-hydrogen) atoms. The molecule has 0 spiro atoms. The number of nitrogens with one attached hydrogen (secondary N) is 1. The van der Waals surface area contributed by atoms with E-state index in [9.17, 15) is 9.18 Å². The van der Waals surface area contributed by atoms with Crippen molar-refractivity contribution in [1.82, 2.24) is 15.1 Å². The molecule has 0 aliphatic carbocycles. The second kappa shape index (κ2) is 5.89. The Kier molecular flexibility index (Phi) is 3.98. The monoisotopic (exact) mass is 277 g/mol. The molecule has 1 unspecified atom stereocenters. The molecule has 1 aromatic rings. The summed E-state index contributed by atoms with van der Waals surface area (Å²) in [4.78, 5) is 16.2. The van der Waals surface area contributed by atoms with Crippen molar-refractivity contribution >= 4 is 5.91 Å². The Morgan fingerprint density at radius 1 is 1.25 bits per heavy atom. The molecule has 108 valence electrons. The summed E-state index contributed by atoms with van der Waals surface area (Å²) in [6.07, 6.45) is 2.31. The van der Waals surface area contributed by atoms with Gasteiger partial charge in [0.1, 0.15) is 12.0 Å². The third kappa shape index (κ3) is 2.83. The normalized spacial score (nSPS) is 23.8. The number of carbonyl (C=O) groups is 1. The molecule has 2 aliphatic heterocycles. The van der Waals surface area contributed by atoms with Crippen molar-refractivity contribution in [2.24, 2.45) is 0 Å². The molecule has 3 rings (SSSR count). The number of benzene rings is 1. The van der Waals surface area contributed by atoms with Crippen LogP contribution in [0, 0.1) is 5.82 Å². The van der Waals surface area contributed by atoms with Crippen LogP contribution in [0.4, 0.5) is 4.39 Å². The summed E-state index contributed by atoms with van der Waals surface area (Å²) in [7, 11) is 0. The maximum atomic E-state index is 13.3. The number of rotatable bonds is 4. The van der Waals surface area contributed by atoms with Crippen molar-refractivity contribution < 1.29 is 9.18 Å². The SMILES string of the molecule is O=C1CNC(c2cccc(F)c2)N1CCN1CCCC1. The van der Waals surface area contributed by atoms with Gasteiger partial charge in [0.2, 0.25) is 5.91 Å². The van der Waals surface area contributed by atoms with Gasteiger partial charge in [-0.3, -0.25) is 10.1 Å². The number of nitrogens with zero attached hydrogens (tertiary/aromatic N) is 2. The van der Waals surface area contributed by atoms with Crippen LogP contribution >= 0.6 is 0 Å². The molecular weight excluding hydrogens is 257 g/mol. The molecule has 4 nitrogen and oxygen atoms in total. The predicted molar refractivity (Wildman–Crippen MR) is 74.5 cm³/mol. The van der Waals surface area contributed by atoms with Crippen molar-refractivity contribution in [3.8, 4) is 0 Å². The highest BCUT2D eigenvalue weighted by Gasteiger charge is 2.31. The lowest BCUT2D eigenvalue weighted by atomic mass is 10.1. The maximum Gasteiger partial charge on any atom is 0.238 e. The van der Waals surface area contributed by atoms with Gasteiger partial charge in [-0.2, -0.15) is 0 Å². The molecule has 2 saturated heterocycles. The molecule has 2 fully saturated rings. The van der Waals surface area contributed by atoms with Gasteiger partial charge in [0.15, 0.2) is 0 Å². The summed E-state index contributed by atoms with van der Waals surface area (Å²) < 4.78 is 13.3. The molecule has 0 aromatic heterocycles. The summed E-state index contributed by atoms with van der Waals surface area (Å²) in [6, 6.07) is 6.48. The minimum Gasteiger partial charge on any atom is -0.321 e. The Labute approximate surface area is 118 Å². The number of hydrogen-bond acceptors (Lipinski definition) is 3. The van der Waals surface area contributed by atoms with Crippen LogP contribution in [0.15, 0.2) is 24.3 Å². The molecule has 2 aliphatic rings. The second-order valence-corrected chi connectivity index (χ2v) is 5.47. The van der Waals surface area contributed by atoms with E-state index in [2.05, 4.69) is 10.2 Å². The molecule has 0 radical (unpaired) electrons. The Bertz CT molecular complexity index is 488. The minimum atomic E-state index is -0.261. The Morgan fingerprint density at radius 2 is 2.05 bits per heavy atom. The average molecular weight is 277 g/mol. The summed E-state index contributed by atoms with van der Waals surface area (Å²) in [6.45, 7) is 4.19. The number of likely N-dealkylation sites (tertiary alicyclic amines) is 1. The second-order valence-electron chi connectivity index (χ2n) is 5.47. The molecule has 0 saturated carbocycles. The van der Waals surface area contributed by atoms with Crippen LogP contribution in [0.1, 0.15) is 24.6 Å². The van der Waals surface area contributed by atoms with Gasteiger partial charge in [0.05, 0.1) is 6.54 Å². The number of carbonyl (C=O) groups excluding carboxylic acids is 1. The predicted octanol–water partition coefficient (Wildman–Crippen LogP) is 1.35. The highest BCUT2D eigenvalue weighted by molar-refractivity contribution is 5.80. The molecule has 2 heterocycles. The largest absolute Gasteiger partial charge is 0.321 e. The quantitative estimate of drug-likeness (QED) is 0.902. The Hall–Kier alpha value is -1.46. The van der Waals surface area contributed by atoms with Gasteiger partial charge in [-0.1, -0.05) is 12.1 Å². The fourth-order valence-electron chi connectivity index (χ4n) is 3.02. The van der Waals surface area contributed by atoms with E-state index in [-0.39, 0.29) is 17.9 Å². The van der Waals surface area contributed by atoms with E-state index in [4.69, 9.17) is 0 Å². The first-order valence-electron chi connectivity index (χ1n) is 7.25. The van der Waals surface area contributed by atoms with Crippen LogP contribution in [0.3, 0.4) is 0 Å². The van der Waals surface area contributed by atoms with E-state index in [0.29, 0.717) is 13.1 Å². The smallest absolute Gasteiger partial charge is 0.238 e. The van der Waals surface area contributed by atoms with Crippen molar-refractivity contribution in [2.45, 2.75) is 19.0 Å². The van der Waals surface area contributed by atoms with Gasteiger partial charge in [0.25, 0.3) is 0 Å². The first-order valence-corrected chi connectivity index (χ1v) is 7.25. The Balaban J connectivity index is 1.68. The van der Waals surface area contributed by atoms with Crippen LogP contribution in [0.5, 0.6) is 0 Å². The standard InChI is InChI=1S/C15H20FN3O/c16-13-5-3-4-12(10-13)15-17-11-14(20)19(15)9-8-18-6-1-2-7-18/h3-5,10,15,17H,1-2,6-9,11H2. The van der Waals surface area contributed by atoms with Crippen molar-refractivity contribution in [1.29, 1.82) is 0 Å². The average Bonchev–Trinajstić information content (AvgIpc) is 3.06. The molecule has 1 amide bonds. The van der Waals surface area contributed by atoms with E-state index in [1.54, 1.807) is 6.07 Å². The summed E-state index contributed by atoms with van der Waals surface area (Å²) in [5, 5.41) is 3.17. The first kappa shape index (κ1) is 13.5. The zero-order valence-electron chi connectivity index (χ0n) is 11.5. The van der Waals surface area contributed by atoms with Crippen LogP contribution < -0.4 is 5.32 Å². The van der Waals surface area contributed by atoms with Crippen molar-refractivity contribution in [3.05, 3.63) is 35.6 Å². The highest BCUT2D eigenvalue weighted by atomic mass is 19.1.